The van der Waals surface area contributed by atoms with Crippen LogP contribution in [0.1, 0.15) is 5.56 Å². The molecule has 0 aliphatic heterocycles. The molecule has 0 spiro atoms. The molecule has 5 nitrogen and oxygen atoms in total. The molecule has 2 aromatic rings. The van der Waals surface area contributed by atoms with E-state index in [0.717, 1.165) is 18.2 Å². The zero-order valence-corrected chi connectivity index (χ0v) is 9.54. The summed E-state index contributed by atoms with van der Waals surface area (Å²) in [4.78, 5) is 9.78. The summed E-state index contributed by atoms with van der Waals surface area (Å²) in [6.07, 6.45) is 0. The zero-order valence-electron chi connectivity index (χ0n) is 9.54. The summed E-state index contributed by atoms with van der Waals surface area (Å²) in [5, 5.41) is 19.3. The van der Waals surface area contributed by atoms with Gasteiger partial charge in [0, 0.05) is 6.07 Å². The summed E-state index contributed by atoms with van der Waals surface area (Å²) >= 11 is 0. The van der Waals surface area contributed by atoms with Crippen molar-refractivity contribution < 1.29 is 14.1 Å². The van der Waals surface area contributed by atoms with Crippen LogP contribution in [-0.2, 0) is 0 Å². The van der Waals surface area contributed by atoms with Gasteiger partial charge >= 0.3 is 0 Å². The van der Waals surface area contributed by atoms with Crippen LogP contribution in [0.15, 0.2) is 42.5 Å². The minimum atomic E-state index is -0.859. The summed E-state index contributed by atoms with van der Waals surface area (Å²) in [5.74, 6) is -0.840. The number of rotatable bonds is 3. The second kappa shape index (κ2) is 5.14. The van der Waals surface area contributed by atoms with Crippen molar-refractivity contribution in [1.29, 1.82) is 5.26 Å². The lowest BCUT2D eigenvalue weighted by Crippen LogP contribution is -1.93. The maximum atomic E-state index is 13.6. The van der Waals surface area contributed by atoms with E-state index in [-0.39, 0.29) is 22.7 Å². The highest BCUT2D eigenvalue weighted by atomic mass is 19.1. The lowest BCUT2D eigenvalue weighted by atomic mass is 10.2. The molecule has 0 bridgehead atoms. The molecule has 0 aromatic heterocycles. The van der Waals surface area contributed by atoms with E-state index in [1.165, 1.54) is 12.1 Å². The molecule has 0 atom stereocenters. The van der Waals surface area contributed by atoms with Crippen LogP contribution in [0.4, 0.5) is 10.1 Å². The number of hydrogen-bond acceptors (Lipinski definition) is 4. The predicted molar refractivity (Wildman–Crippen MR) is 64.3 cm³/mol. The molecule has 6 heteroatoms. The van der Waals surface area contributed by atoms with Crippen molar-refractivity contribution in [2.45, 2.75) is 0 Å². The molecule has 0 saturated heterocycles. The fourth-order valence-electron chi connectivity index (χ4n) is 1.45. The van der Waals surface area contributed by atoms with Gasteiger partial charge in [-0.3, -0.25) is 10.1 Å². The molecule has 0 fully saturated rings. The maximum absolute atomic E-state index is 13.6. The highest BCUT2D eigenvalue weighted by molar-refractivity contribution is 5.46. The molecule has 19 heavy (non-hydrogen) atoms. The number of nitro groups is 1. The van der Waals surface area contributed by atoms with E-state index in [2.05, 4.69) is 0 Å². The predicted octanol–water partition coefficient (Wildman–Crippen LogP) is 3.40. The van der Waals surface area contributed by atoms with Crippen LogP contribution >= 0.6 is 0 Å². The van der Waals surface area contributed by atoms with Gasteiger partial charge in [-0.05, 0) is 18.2 Å². The Balaban J connectivity index is 2.34. The second-order valence-corrected chi connectivity index (χ2v) is 3.58. The number of para-hydroxylation sites is 1. The number of hydrogen-bond donors (Lipinski definition) is 0. The molecular weight excluding hydrogens is 251 g/mol. The topological polar surface area (TPSA) is 76.2 Å². The van der Waals surface area contributed by atoms with Gasteiger partial charge in [0.25, 0.3) is 5.69 Å². The number of non-ortho nitro benzene ring substituents is 1. The number of nitriles is 1. The zero-order chi connectivity index (χ0) is 13.8. The molecule has 0 aliphatic carbocycles. The van der Waals surface area contributed by atoms with Crippen molar-refractivity contribution in [2.24, 2.45) is 0 Å². The van der Waals surface area contributed by atoms with Crippen LogP contribution < -0.4 is 4.74 Å². The third-order valence-corrected chi connectivity index (χ3v) is 2.35. The third-order valence-electron chi connectivity index (χ3n) is 2.35. The molecule has 94 valence electrons. The molecule has 0 heterocycles. The maximum Gasteiger partial charge on any atom is 0.272 e. The summed E-state index contributed by atoms with van der Waals surface area (Å²) in [6.45, 7) is 0. The van der Waals surface area contributed by atoms with E-state index >= 15 is 0 Å². The molecule has 2 aromatic carbocycles. The first-order valence-electron chi connectivity index (χ1n) is 5.22. The van der Waals surface area contributed by atoms with Crippen molar-refractivity contribution in [3.05, 3.63) is 64.0 Å². The van der Waals surface area contributed by atoms with Crippen molar-refractivity contribution in [2.75, 3.05) is 0 Å². The van der Waals surface area contributed by atoms with Crippen LogP contribution in [0.3, 0.4) is 0 Å². The first kappa shape index (κ1) is 12.5. The monoisotopic (exact) mass is 258 g/mol. The Hall–Kier alpha value is -2.94. The Morgan fingerprint density at radius 1 is 1.21 bits per heavy atom. The molecular formula is C13H7FN2O3. The summed E-state index contributed by atoms with van der Waals surface area (Å²) in [5.41, 5.74) is -0.112. The second-order valence-electron chi connectivity index (χ2n) is 3.58. The minimum absolute atomic E-state index is 0.173. The van der Waals surface area contributed by atoms with E-state index in [1.807, 2.05) is 6.07 Å². The molecule has 2 rings (SSSR count). The first-order chi connectivity index (χ1) is 9.11. The lowest BCUT2D eigenvalue weighted by Gasteiger charge is -2.07. The van der Waals surface area contributed by atoms with Crippen LogP contribution in [0.25, 0.3) is 0 Å². The molecule has 0 unspecified atom stereocenters. The summed E-state index contributed by atoms with van der Waals surface area (Å²) < 4.78 is 18.9. The third kappa shape index (κ3) is 2.66. The van der Waals surface area contributed by atoms with Gasteiger partial charge in [-0.1, -0.05) is 12.1 Å². The van der Waals surface area contributed by atoms with Crippen molar-refractivity contribution in [1.82, 2.24) is 0 Å². The quantitative estimate of drug-likeness (QED) is 0.624. The molecule has 0 amide bonds. The smallest absolute Gasteiger partial charge is 0.272 e. The lowest BCUT2D eigenvalue weighted by molar-refractivity contribution is -0.385. The van der Waals surface area contributed by atoms with E-state index in [0.29, 0.717) is 0 Å². The summed E-state index contributed by atoms with van der Waals surface area (Å²) in [6, 6.07) is 11.3. The molecule has 0 aliphatic rings. The highest BCUT2D eigenvalue weighted by Crippen LogP contribution is 2.29. The Labute approximate surface area is 107 Å². The fourth-order valence-corrected chi connectivity index (χ4v) is 1.45. The number of nitro benzene ring substituents is 1. The van der Waals surface area contributed by atoms with Gasteiger partial charge in [-0.25, -0.2) is 4.39 Å². The van der Waals surface area contributed by atoms with E-state index in [1.54, 1.807) is 12.1 Å². The number of benzene rings is 2. The minimum Gasteiger partial charge on any atom is -0.453 e. The van der Waals surface area contributed by atoms with Crippen molar-refractivity contribution in [3.63, 3.8) is 0 Å². The van der Waals surface area contributed by atoms with Crippen molar-refractivity contribution in [3.8, 4) is 17.6 Å². The Morgan fingerprint density at radius 2 is 1.95 bits per heavy atom. The van der Waals surface area contributed by atoms with E-state index in [4.69, 9.17) is 10.00 Å². The van der Waals surface area contributed by atoms with Crippen LogP contribution in [0.5, 0.6) is 11.5 Å². The number of halogens is 1. The summed E-state index contributed by atoms with van der Waals surface area (Å²) in [7, 11) is 0. The highest BCUT2D eigenvalue weighted by Gasteiger charge is 2.13. The first-order valence-corrected chi connectivity index (χ1v) is 5.22. The SMILES string of the molecule is N#Cc1ccccc1Oc1ccc([N+](=O)[O-])cc1F. The van der Waals surface area contributed by atoms with Gasteiger partial charge in [0.2, 0.25) is 0 Å². The Morgan fingerprint density at radius 3 is 2.58 bits per heavy atom. The molecule has 0 saturated carbocycles. The average Bonchev–Trinajstić information content (AvgIpc) is 2.41. The average molecular weight is 258 g/mol. The van der Waals surface area contributed by atoms with E-state index < -0.39 is 10.7 Å². The van der Waals surface area contributed by atoms with E-state index in [9.17, 15) is 14.5 Å². The fraction of sp³-hybridized carbons (Fsp3) is 0. The standard InChI is InChI=1S/C13H7FN2O3/c14-11-7-10(16(17)18)5-6-13(11)19-12-4-2-1-3-9(12)8-15/h1-7H. The van der Waals surface area contributed by atoms with Crippen LogP contribution in [-0.4, -0.2) is 4.92 Å². The van der Waals surface area contributed by atoms with Gasteiger partial charge in [0.1, 0.15) is 11.8 Å². The molecule has 0 radical (unpaired) electrons. The Bertz CT molecular complexity index is 680. The van der Waals surface area contributed by atoms with Crippen LogP contribution in [0.2, 0.25) is 0 Å². The van der Waals surface area contributed by atoms with Gasteiger partial charge < -0.3 is 4.74 Å². The van der Waals surface area contributed by atoms with Gasteiger partial charge in [-0.2, -0.15) is 5.26 Å². The normalized spacial score (nSPS) is 9.68. The van der Waals surface area contributed by atoms with Gasteiger partial charge in [-0.15, -0.1) is 0 Å². The van der Waals surface area contributed by atoms with Gasteiger partial charge in [0.15, 0.2) is 11.6 Å². The number of nitrogens with zero attached hydrogens (tertiary/aromatic N) is 2. The van der Waals surface area contributed by atoms with Crippen molar-refractivity contribution >= 4 is 5.69 Å². The number of ether oxygens (including phenoxy) is 1. The Kier molecular flexibility index (Phi) is 3.39. The van der Waals surface area contributed by atoms with Gasteiger partial charge in [0.05, 0.1) is 16.6 Å². The molecule has 0 N–H and O–H groups in total. The van der Waals surface area contributed by atoms with Crippen LogP contribution in [0, 0.1) is 27.3 Å². The largest absolute Gasteiger partial charge is 0.453 e.